The van der Waals surface area contributed by atoms with Crippen molar-refractivity contribution in [3.8, 4) is 11.5 Å². The maximum absolute atomic E-state index is 13.1. The minimum atomic E-state index is -1.03. The summed E-state index contributed by atoms with van der Waals surface area (Å²) in [5, 5.41) is 9.22. The molecule has 0 aromatic heterocycles. The van der Waals surface area contributed by atoms with Crippen LogP contribution in [0.3, 0.4) is 0 Å². The van der Waals surface area contributed by atoms with Gasteiger partial charge in [0.05, 0.1) is 25.0 Å². The number of cyclic esters (lactones) is 1. The minimum Gasteiger partial charge on any atom is -0.493 e. The first kappa shape index (κ1) is 38.4. The van der Waals surface area contributed by atoms with Crippen molar-refractivity contribution >= 4 is 29.8 Å². The quantitative estimate of drug-likeness (QED) is 0.143. The molecule has 12 nitrogen and oxygen atoms in total. The fourth-order valence-corrected chi connectivity index (χ4v) is 9.99. The van der Waals surface area contributed by atoms with Crippen LogP contribution >= 0.6 is 0 Å². The number of nitrogens with one attached hydrogen (secondary N) is 3. The monoisotopic (exact) mass is 733 g/mol. The number of rotatable bonds is 13. The lowest BCUT2D eigenvalue weighted by Gasteiger charge is -2.65. The number of carbonyl (C=O) groups excluding carboxylic acids is 4. The van der Waals surface area contributed by atoms with Crippen molar-refractivity contribution in [3.63, 3.8) is 0 Å². The molecular weight excluding hydrogens is 678 g/mol. The summed E-state index contributed by atoms with van der Waals surface area (Å²) in [6.45, 7) is 13.0. The average Bonchev–Trinajstić information content (AvgIpc) is 3.36. The fourth-order valence-electron chi connectivity index (χ4n) is 9.99. The summed E-state index contributed by atoms with van der Waals surface area (Å²) >= 11 is 0. The molecule has 288 valence electrons. The molecule has 2 aromatic rings. The molecule has 1 heterocycles. The Balaban J connectivity index is 0.917. The van der Waals surface area contributed by atoms with E-state index in [0.29, 0.717) is 43.5 Å². The highest BCUT2D eigenvalue weighted by Gasteiger charge is 2.60. The van der Waals surface area contributed by atoms with Gasteiger partial charge < -0.3 is 34.3 Å². The van der Waals surface area contributed by atoms with Crippen molar-refractivity contribution in [2.45, 2.75) is 105 Å². The van der Waals surface area contributed by atoms with Gasteiger partial charge in [-0.05, 0) is 111 Å². The highest BCUT2D eigenvalue weighted by atomic mass is 16.7. The third-order valence-corrected chi connectivity index (χ3v) is 11.6. The Bertz CT molecular complexity index is 1690. The molecule has 4 bridgehead atoms. The van der Waals surface area contributed by atoms with Crippen LogP contribution in [-0.2, 0) is 36.8 Å². The Hall–Kier alpha value is -4.32. The molecule has 7 rings (SSSR count). The molecule has 3 unspecified atom stereocenters. The number of anilines is 1. The van der Waals surface area contributed by atoms with E-state index in [-0.39, 0.29) is 39.9 Å². The lowest BCUT2D eigenvalue weighted by molar-refractivity contribution is -0.176. The lowest BCUT2D eigenvalue weighted by atomic mass is 9.43. The second kappa shape index (κ2) is 14.8. The van der Waals surface area contributed by atoms with Gasteiger partial charge >= 0.3 is 24.1 Å². The predicted octanol–water partition coefficient (Wildman–Crippen LogP) is 7.14. The van der Waals surface area contributed by atoms with Gasteiger partial charge in [0.15, 0.2) is 11.5 Å². The number of methoxy groups -OCH3 is 1. The molecule has 5 atom stereocenters. The van der Waals surface area contributed by atoms with E-state index >= 15 is 0 Å². The highest BCUT2D eigenvalue weighted by molar-refractivity contribution is 5.86. The Labute approximate surface area is 312 Å². The number of esters is 2. The molecule has 5 fully saturated rings. The summed E-state index contributed by atoms with van der Waals surface area (Å²) in [7, 11) is 1.49. The van der Waals surface area contributed by atoms with Gasteiger partial charge in [0.2, 0.25) is 6.29 Å². The Morgan fingerprint density at radius 3 is 2.23 bits per heavy atom. The van der Waals surface area contributed by atoms with Gasteiger partial charge in [-0.15, -0.1) is 0 Å². The number of ether oxygens (including phenoxy) is 5. The maximum atomic E-state index is 13.1. The van der Waals surface area contributed by atoms with Crippen LogP contribution in [0.5, 0.6) is 11.5 Å². The van der Waals surface area contributed by atoms with E-state index in [9.17, 15) is 19.2 Å². The Morgan fingerprint density at radius 2 is 1.60 bits per heavy atom. The number of hydrogen-bond donors (Lipinski definition) is 3. The van der Waals surface area contributed by atoms with Gasteiger partial charge in [-0.2, -0.15) is 0 Å². The van der Waals surface area contributed by atoms with Gasteiger partial charge in [0, 0.05) is 37.2 Å². The first-order chi connectivity index (χ1) is 25.0. The predicted molar refractivity (Wildman–Crippen MR) is 197 cm³/mol. The van der Waals surface area contributed by atoms with Crippen LogP contribution in [0.4, 0.5) is 15.3 Å². The van der Waals surface area contributed by atoms with Crippen LogP contribution in [0.2, 0.25) is 0 Å². The number of benzene rings is 2. The van der Waals surface area contributed by atoms with Gasteiger partial charge in [0.1, 0.15) is 0 Å². The average molecular weight is 734 g/mol. The van der Waals surface area contributed by atoms with E-state index < -0.39 is 29.9 Å². The molecule has 1 saturated heterocycles. The molecule has 0 spiro atoms. The topological polar surface area (TPSA) is 151 Å². The number of hydrogen-bond acceptors (Lipinski definition) is 10. The van der Waals surface area contributed by atoms with Gasteiger partial charge in [-0.1, -0.05) is 39.0 Å². The summed E-state index contributed by atoms with van der Waals surface area (Å²) in [5.41, 5.74) is 1.73. The van der Waals surface area contributed by atoms with E-state index in [1.807, 2.05) is 25.1 Å². The van der Waals surface area contributed by atoms with E-state index in [4.69, 9.17) is 23.7 Å². The van der Waals surface area contributed by atoms with Crippen molar-refractivity contribution in [3.05, 3.63) is 53.6 Å². The van der Waals surface area contributed by atoms with Crippen LogP contribution < -0.4 is 25.4 Å². The lowest BCUT2D eigenvalue weighted by Crippen LogP contribution is -2.65. The maximum Gasteiger partial charge on any atom is 0.417 e. The number of amides is 2. The summed E-state index contributed by atoms with van der Waals surface area (Å²) in [6.07, 6.45) is 4.87. The largest absolute Gasteiger partial charge is 0.493 e. The third kappa shape index (κ3) is 9.08. The van der Waals surface area contributed by atoms with E-state index in [1.165, 1.54) is 26.4 Å². The zero-order valence-corrected chi connectivity index (χ0v) is 32.1. The van der Waals surface area contributed by atoms with Crippen LogP contribution in [0.25, 0.3) is 0 Å². The molecule has 2 aromatic carbocycles. The van der Waals surface area contributed by atoms with Crippen molar-refractivity contribution in [1.82, 2.24) is 10.6 Å². The zero-order valence-electron chi connectivity index (χ0n) is 32.1. The summed E-state index contributed by atoms with van der Waals surface area (Å²) in [5.74, 6) is 0.514. The van der Waals surface area contributed by atoms with Crippen molar-refractivity contribution < 1.29 is 42.9 Å². The van der Waals surface area contributed by atoms with Gasteiger partial charge in [-0.25, -0.2) is 9.59 Å². The summed E-state index contributed by atoms with van der Waals surface area (Å²) in [4.78, 5) is 50.8. The van der Waals surface area contributed by atoms with Crippen LogP contribution in [0, 0.1) is 34.0 Å². The van der Waals surface area contributed by atoms with Crippen molar-refractivity contribution in [2.75, 3.05) is 25.6 Å². The highest BCUT2D eigenvalue weighted by Crippen LogP contribution is 2.66. The van der Waals surface area contributed by atoms with E-state index in [2.05, 4.69) is 29.8 Å². The molecule has 5 aliphatic rings. The van der Waals surface area contributed by atoms with E-state index in [0.717, 1.165) is 30.4 Å². The third-order valence-electron chi connectivity index (χ3n) is 11.6. The molecule has 1 aliphatic heterocycles. The number of alkyl carbamates (subject to hydrolysis) is 1. The molecule has 3 N–H and O–H groups in total. The Morgan fingerprint density at radius 1 is 0.925 bits per heavy atom. The first-order valence-corrected chi connectivity index (χ1v) is 18.8. The smallest absolute Gasteiger partial charge is 0.417 e. The fraction of sp³-hybridized carbons (Fsp3) is 0.610. The Kier molecular flexibility index (Phi) is 10.8. The van der Waals surface area contributed by atoms with Crippen LogP contribution in [0.15, 0.2) is 42.5 Å². The standard InChI is InChI=1S/C41H55N3O9/c1-25-20-50-34(45)31(25)14-28-10-13-32(33(15-28)49-7)53-36(47)43-30-11-8-27(9-12-30)19-42-24-38(3,4)35(46)51-26(2)52-37(48)44-41-18-29-16-39(5,22-41)21-40(6,17-29)23-41/h8-13,15,25-26,29,31,42H,14,16-24H2,1-7H3,(H,43,47)(H,44,48)/t25-,26?,29?,31+,39?,40?,41?/m0/s1. The molecule has 53 heavy (non-hydrogen) atoms. The number of carbonyl (C=O) groups is 4. The van der Waals surface area contributed by atoms with Crippen molar-refractivity contribution in [2.24, 2.45) is 34.0 Å². The normalized spacial score (nSPS) is 29.2. The molecule has 12 heteroatoms. The second-order valence-corrected chi connectivity index (χ2v) is 17.5. The molecule has 0 radical (unpaired) electrons. The molecule has 4 aliphatic carbocycles. The summed E-state index contributed by atoms with van der Waals surface area (Å²) < 4.78 is 27.2. The molecular formula is C41H55N3O9. The van der Waals surface area contributed by atoms with Crippen LogP contribution in [0.1, 0.15) is 91.2 Å². The van der Waals surface area contributed by atoms with E-state index in [1.54, 1.807) is 45.0 Å². The minimum absolute atomic E-state index is 0.132. The van der Waals surface area contributed by atoms with Gasteiger partial charge in [-0.3, -0.25) is 14.9 Å². The van der Waals surface area contributed by atoms with Crippen LogP contribution in [-0.4, -0.2) is 56.2 Å². The first-order valence-electron chi connectivity index (χ1n) is 18.8. The molecule has 4 saturated carbocycles. The zero-order chi connectivity index (χ0) is 38.2. The summed E-state index contributed by atoms with van der Waals surface area (Å²) in [6, 6.07) is 12.5. The second-order valence-electron chi connectivity index (χ2n) is 17.5. The SMILES string of the molecule is COc1cc(C[C@H]2C(=O)OC[C@@H]2C)ccc1OC(=O)Nc1ccc(CNCC(C)(C)C(=O)OC(C)OC(=O)NC23CC4CC(C)(CC(C)(C4)C2)C3)cc1. The molecule has 2 amide bonds. The van der Waals surface area contributed by atoms with Crippen molar-refractivity contribution in [1.29, 1.82) is 0 Å². The van der Waals surface area contributed by atoms with Gasteiger partial charge in [0.25, 0.3) is 0 Å².